The van der Waals surface area contributed by atoms with E-state index in [1.54, 1.807) is 0 Å². The first-order valence-electron chi connectivity index (χ1n) is 11.7. The van der Waals surface area contributed by atoms with Gasteiger partial charge in [0.15, 0.2) is 5.69 Å². The number of pyridine rings is 1. The minimum absolute atomic E-state index is 0.0512. The van der Waals surface area contributed by atoms with Gasteiger partial charge in [0, 0.05) is 52.4 Å². The van der Waals surface area contributed by atoms with E-state index in [1.165, 1.54) is 42.6 Å². The molecule has 1 aliphatic rings. The summed E-state index contributed by atoms with van der Waals surface area (Å²) >= 11 is 0. The van der Waals surface area contributed by atoms with Gasteiger partial charge < -0.3 is 26.0 Å². The molecule has 1 fully saturated rings. The van der Waals surface area contributed by atoms with Crippen LogP contribution in [0.25, 0.3) is 0 Å². The van der Waals surface area contributed by atoms with Crippen LogP contribution in [0.5, 0.6) is 5.88 Å². The highest BCUT2D eigenvalue weighted by atomic mass is 32.2. The highest BCUT2D eigenvalue weighted by molar-refractivity contribution is 7.89. The molecule has 37 heavy (non-hydrogen) atoms. The minimum atomic E-state index is -3.73. The van der Waals surface area contributed by atoms with Gasteiger partial charge in [-0.05, 0) is 43.0 Å². The van der Waals surface area contributed by atoms with Crippen molar-refractivity contribution in [3.63, 3.8) is 0 Å². The van der Waals surface area contributed by atoms with E-state index in [1.807, 2.05) is 0 Å². The number of hydrogen-bond donors (Lipinski definition) is 4. The molecule has 1 unspecified atom stereocenters. The number of benzene rings is 1. The number of nitrogen functional groups attached to an aromatic ring is 1. The number of nitrogens with one attached hydrogen (secondary N) is 1. The number of hydrogen-bond acceptors (Lipinski definition) is 10. The molecule has 1 amide bonds. The van der Waals surface area contributed by atoms with E-state index in [0.717, 1.165) is 11.0 Å². The first-order valence-corrected chi connectivity index (χ1v) is 13.1. The van der Waals surface area contributed by atoms with E-state index in [9.17, 15) is 28.2 Å². The molecule has 1 aliphatic heterocycles. The molecule has 0 aliphatic carbocycles. The zero-order chi connectivity index (χ0) is 27.2. The Morgan fingerprint density at radius 3 is 2.59 bits per heavy atom. The number of amides is 1. The Kier molecular flexibility index (Phi) is 9.37. The number of aliphatic hydroxyl groups is 1. The van der Waals surface area contributed by atoms with Crippen molar-refractivity contribution in [2.75, 3.05) is 39.1 Å². The van der Waals surface area contributed by atoms with E-state index < -0.39 is 21.5 Å². The number of rotatable bonds is 10. The number of aromatic nitrogens is 1. The van der Waals surface area contributed by atoms with Crippen LogP contribution in [0.15, 0.2) is 44.2 Å². The average Bonchev–Trinajstić information content (AvgIpc) is 2.89. The number of azo groups is 1. The van der Waals surface area contributed by atoms with Gasteiger partial charge in [0.2, 0.25) is 21.8 Å². The van der Waals surface area contributed by atoms with Crippen molar-refractivity contribution in [3.05, 3.63) is 40.2 Å². The molecule has 0 bridgehead atoms. The molecule has 1 saturated heterocycles. The standard InChI is InChI=1S/C23H32N6O7S/c1-15(31)25-9-11-29-22(32)20(24)19(14-36-2)21(23(29)33)27-26-17-5-7-18(8-6-17)37(34,35)28-10-3-4-16(12-28)13-30/h5-8,16,30,33H,3-4,9-14,24H2,1-2H3,(H,25,31)/b27-26+. The third-order valence-electron chi connectivity index (χ3n) is 6.03. The largest absolute Gasteiger partial charge is 0.493 e. The third kappa shape index (κ3) is 6.52. The van der Waals surface area contributed by atoms with E-state index in [-0.39, 0.29) is 66.5 Å². The van der Waals surface area contributed by atoms with E-state index >= 15 is 0 Å². The van der Waals surface area contributed by atoms with Crippen LogP contribution in [0.3, 0.4) is 0 Å². The lowest BCUT2D eigenvalue weighted by molar-refractivity contribution is -0.119. The van der Waals surface area contributed by atoms with E-state index in [4.69, 9.17) is 10.5 Å². The van der Waals surface area contributed by atoms with Crippen molar-refractivity contribution in [2.24, 2.45) is 16.1 Å². The van der Waals surface area contributed by atoms with Crippen LogP contribution >= 0.6 is 0 Å². The van der Waals surface area contributed by atoms with Gasteiger partial charge in [0.25, 0.3) is 5.56 Å². The molecule has 3 rings (SSSR count). The summed E-state index contributed by atoms with van der Waals surface area (Å²) in [6.45, 7) is 1.83. The molecular formula is C23H32N6O7S. The fourth-order valence-electron chi connectivity index (χ4n) is 4.04. The van der Waals surface area contributed by atoms with Crippen molar-refractivity contribution in [3.8, 4) is 5.88 Å². The Hall–Kier alpha value is -3.33. The maximum absolute atomic E-state index is 13.0. The molecule has 2 heterocycles. The second kappa shape index (κ2) is 12.3. The predicted molar refractivity (Wildman–Crippen MR) is 135 cm³/mol. The monoisotopic (exact) mass is 536 g/mol. The predicted octanol–water partition coefficient (Wildman–Crippen LogP) is 1.23. The smallest absolute Gasteiger partial charge is 0.277 e. The van der Waals surface area contributed by atoms with Crippen LogP contribution in [-0.2, 0) is 32.7 Å². The number of sulfonamides is 1. The summed E-state index contributed by atoms with van der Waals surface area (Å²) in [4.78, 5) is 23.9. The summed E-state index contributed by atoms with van der Waals surface area (Å²) in [5, 5.41) is 30.9. The number of aromatic hydroxyl groups is 1. The number of aliphatic hydroxyl groups excluding tert-OH is 1. The second-order valence-electron chi connectivity index (χ2n) is 8.68. The lowest BCUT2D eigenvalue weighted by Crippen LogP contribution is -2.40. The molecule has 1 aromatic heterocycles. The fourth-order valence-corrected chi connectivity index (χ4v) is 5.60. The minimum Gasteiger partial charge on any atom is -0.493 e. The zero-order valence-corrected chi connectivity index (χ0v) is 21.6. The van der Waals surface area contributed by atoms with Crippen LogP contribution in [0.4, 0.5) is 17.1 Å². The summed E-state index contributed by atoms with van der Waals surface area (Å²) < 4.78 is 33.5. The van der Waals surface area contributed by atoms with Crippen LogP contribution in [0.2, 0.25) is 0 Å². The molecule has 5 N–H and O–H groups in total. The number of methoxy groups -OCH3 is 1. The van der Waals surface area contributed by atoms with Crippen molar-refractivity contribution in [2.45, 2.75) is 37.8 Å². The number of ether oxygens (including phenoxy) is 1. The molecule has 202 valence electrons. The first-order chi connectivity index (χ1) is 17.6. The third-order valence-corrected chi connectivity index (χ3v) is 7.91. The lowest BCUT2D eigenvalue weighted by Gasteiger charge is -2.30. The SMILES string of the molecule is COCc1c(/N=N/c2ccc(S(=O)(=O)N3CCCC(CO)C3)cc2)c(O)n(CCNC(C)=O)c(=O)c1N. The molecule has 0 spiro atoms. The maximum atomic E-state index is 13.0. The molecule has 1 atom stereocenters. The van der Waals surface area contributed by atoms with Gasteiger partial charge in [-0.15, -0.1) is 5.11 Å². The molecular weight excluding hydrogens is 504 g/mol. The first kappa shape index (κ1) is 28.2. The average molecular weight is 537 g/mol. The highest BCUT2D eigenvalue weighted by Gasteiger charge is 2.30. The topological polar surface area (TPSA) is 189 Å². The van der Waals surface area contributed by atoms with Crippen LogP contribution in [0, 0.1) is 5.92 Å². The summed E-state index contributed by atoms with van der Waals surface area (Å²) in [5.74, 6) is -0.877. The Morgan fingerprint density at radius 1 is 1.27 bits per heavy atom. The van der Waals surface area contributed by atoms with Gasteiger partial charge in [-0.1, -0.05) is 0 Å². The fraction of sp³-hybridized carbons (Fsp3) is 0.478. The van der Waals surface area contributed by atoms with Gasteiger partial charge in [-0.2, -0.15) is 9.42 Å². The molecule has 1 aromatic carbocycles. The Bertz CT molecular complexity index is 1310. The Labute approximate surface area is 214 Å². The van der Waals surface area contributed by atoms with Crippen LogP contribution < -0.4 is 16.6 Å². The molecule has 14 heteroatoms. The van der Waals surface area contributed by atoms with Gasteiger partial charge in [-0.25, -0.2) is 8.42 Å². The number of nitrogens with two attached hydrogens (primary N) is 1. The van der Waals surface area contributed by atoms with Crippen molar-refractivity contribution in [1.29, 1.82) is 0 Å². The van der Waals surface area contributed by atoms with Gasteiger partial charge in [0.05, 0.1) is 17.2 Å². The molecule has 13 nitrogen and oxygen atoms in total. The Balaban J connectivity index is 1.89. The molecule has 2 aromatic rings. The van der Waals surface area contributed by atoms with Gasteiger partial charge >= 0.3 is 0 Å². The lowest BCUT2D eigenvalue weighted by atomic mass is 10.0. The van der Waals surface area contributed by atoms with E-state index in [0.29, 0.717) is 18.7 Å². The second-order valence-corrected chi connectivity index (χ2v) is 10.6. The number of carbonyl (C=O) groups excluding carboxylic acids is 1. The number of anilines is 1. The number of piperidine rings is 1. The summed E-state index contributed by atoms with van der Waals surface area (Å²) in [5.41, 5.74) is 5.51. The van der Waals surface area contributed by atoms with Crippen LogP contribution in [0.1, 0.15) is 25.3 Å². The maximum Gasteiger partial charge on any atom is 0.277 e. The van der Waals surface area contributed by atoms with Crippen molar-refractivity contribution >= 4 is 33.0 Å². The van der Waals surface area contributed by atoms with E-state index in [2.05, 4.69) is 15.5 Å². The highest BCUT2D eigenvalue weighted by Crippen LogP contribution is 2.34. The Morgan fingerprint density at radius 2 is 1.97 bits per heavy atom. The number of carbonyl (C=O) groups is 1. The zero-order valence-electron chi connectivity index (χ0n) is 20.8. The van der Waals surface area contributed by atoms with Crippen LogP contribution in [-0.4, -0.2) is 66.8 Å². The number of nitrogens with zero attached hydrogens (tertiary/aromatic N) is 4. The summed E-state index contributed by atoms with van der Waals surface area (Å²) in [6, 6.07) is 5.75. The summed E-state index contributed by atoms with van der Waals surface area (Å²) in [6.07, 6.45) is 1.46. The molecule has 0 radical (unpaired) electrons. The van der Waals surface area contributed by atoms with Gasteiger partial charge in [0.1, 0.15) is 5.69 Å². The molecule has 0 saturated carbocycles. The van der Waals surface area contributed by atoms with Gasteiger partial charge in [-0.3, -0.25) is 14.2 Å². The van der Waals surface area contributed by atoms with Crippen molar-refractivity contribution in [1.82, 2.24) is 14.2 Å². The normalized spacial score (nSPS) is 16.8. The van der Waals surface area contributed by atoms with Crippen molar-refractivity contribution < 1.29 is 28.2 Å². The quantitative estimate of drug-likeness (QED) is 0.326. The summed E-state index contributed by atoms with van der Waals surface area (Å²) in [7, 11) is -2.34.